The van der Waals surface area contributed by atoms with E-state index in [2.05, 4.69) is 4.90 Å². The van der Waals surface area contributed by atoms with Gasteiger partial charge in [-0.25, -0.2) is 4.79 Å². The Morgan fingerprint density at radius 1 is 0.947 bits per heavy atom. The molecule has 9 heteroatoms. The van der Waals surface area contributed by atoms with Crippen LogP contribution in [0.2, 0.25) is 10.0 Å². The maximum absolute atomic E-state index is 13.6. The van der Waals surface area contributed by atoms with Crippen molar-refractivity contribution in [2.75, 3.05) is 46.9 Å². The fourth-order valence-electron chi connectivity index (χ4n) is 5.67. The zero-order valence-corrected chi connectivity index (χ0v) is 23.5. The van der Waals surface area contributed by atoms with Crippen molar-refractivity contribution in [3.8, 4) is 11.5 Å². The van der Waals surface area contributed by atoms with Gasteiger partial charge in [0.25, 0.3) is 0 Å². The van der Waals surface area contributed by atoms with E-state index in [1.54, 1.807) is 49.4 Å². The molecule has 3 aliphatic rings. The molecule has 2 atom stereocenters. The molecule has 2 unspecified atom stereocenters. The van der Waals surface area contributed by atoms with Crippen LogP contribution in [-0.2, 0) is 4.79 Å². The summed E-state index contributed by atoms with van der Waals surface area (Å²) in [5.41, 5.74) is 0.947. The summed E-state index contributed by atoms with van der Waals surface area (Å²) in [7, 11) is 3.31. The number of nitrogens with zero attached hydrogens (tertiary/aromatic N) is 3. The number of ether oxygens (including phenoxy) is 2. The topological polar surface area (TPSA) is 62.3 Å². The van der Waals surface area contributed by atoms with Gasteiger partial charge in [-0.1, -0.05) is 29.3 Å². The van der Waals surface area contributed by atoms with Gasteiger partial charge in [-0.3, -0.25) is 4.79 Å². The van der Waals surface area contributed by atoms with Crippen molar-refractivity contribution >= 4 is 35.2 Å². The van der Waals surface area contributed by atoms with Crippen molar-refractivity contribution in [3.63, 3.8) is 0 Å². The minimum absolute atomic E-state index is 0.0233. The standard InChI is InChI=1S/C29H35Cl2N3O4/c1-32(29(36)38-23-8-6-22(37-2)7-9-23)27-18-34(17-24(27)21-5-10-25(30)26(31)15-21)28(35)20-11-13-33(14-12-20)16-19-3-4-19/h5-10,15,19-20,24,27H,3-4,11-14,16-18H2,1-2H3. The first kappa shape index (κ1) is 27.1. The summed E-state index contributed by atoms with van der Waals surface area (Å²) in [6.45, 7) is 4.10. The van der Waals surface area contributed by atoms with Crippen LogP contribution in [0.4, 0.5) is 4.79 Å². The van der Waals surface area contributed by atoms with E-state index in [4.69, 9.17) is 32.7 Å². The molecule has 0 radical (unpaired) electrons. The number of likely N-dealkylation sites (N-methyl/N-ethyl adjacent to an activating group) is 1. The van der Waals surface area contributed by atoms with Crippen LogP contribution in [0.25, 0.3) is 0 Å². The molecular formula is C29H35Cl2N3O4. The Morgan fingerprint density at radius 3 is 2.26 bits per heavy atom. The van der Waals surface area contributed by atoms with Crippen LogP contribution in [0.1, 0.15) is 37.2 Å². The molecule has 2 heterocycles. The van der Waals surface area contributed by atoms with E-state index in [1.807, 2.05) is 17.0 Å². The molecule has 0 N–H and O–H groups in total. The van der Waals surface area contributed by atoms with E-state index in [-0.39, 0.29) is 23.8 Å². The van der Waals surface area contributed by atoms with Gasteiger partial charge in [-0.05, 0) is 86.7 Å². The molecule has 2 saturated heterocycles. The quantitative estimate of drug-likeness (QED) is 0.445. The van der Waals surface area contributed by atoms with E-state index >= 15 is 0 Å². The third kappa shape index (κ3) is 6.22. The van der Waals surface area contributed by atoms with Gasteiger partial charge in [0, 0.05) is 38.5 Å². The lowest BCUT2D eigenvalue weighted by Gasteiger charge is -2.33. The molecule has 5 rings (SSSR count). The van der Waals surface area contributed by atoms with Crippen LogP contribution < -0.4 is 9.47 Å². The lowest BCUT2D eigenvalue weighted by Crippen LogP contribution is -2.45. The summed E-state index contributed by atoms with van der Waals surface area (Å²) in [6, 6.07) is 12.2. The SMILES string of the molecule is COc1ccc(OC(=O)N(C)C2CN(C(=O)C3CCN(CC4CC4)CC3)CC2c2ccc(Cl)c(Cl)c2)cc1. The molecule has 2 aromatic rings. The second-order valence-electron chi connectivity index (χ2n) is 10.8. The van der Waals surface area contributed by atoms with Gasteiger partial charge in [0.1, 0.15) is 11.5 Å². The summed E-state index contributed by atoms with van der Waals surface area (Å²) >= 11 is 12.5. The molecule has 38 heavy (non-hydrogen) atoms. The fourth-order valence-corrected chi connectivity index (χ4v) is 5.97. The summed E-state index contributed by atoms with van der Waals surface area (Å²) < 4.78 is 10.8. The van der Waals surface area contributed by atoms with Crippen molar-refractivity contribution in [1.82, 2.24) is 14.7 Å². The van der Waals surface area contributed by atoms with Crippen LogP contribution in [0.5, 0.6) is 11.5 Å². The Bertz CT molecular complexity index is 1150. The Balaban J connectivity index is 1.29. The van der Waals surface area contributed by atoms with Gasteiger partial charge in [-0.2, -0.15) is 0 Å². The number of hydrogen-bond donors (Lipinski definition) is 0. The van der Waals surface area contributed by atoms with Gasteiger partial charge in [0.2, 0.25) is 5.91 Å². The van der Waals surface area contributed by atoms with E-state index in [9.17, 15) is 9.59 Å². The Hall–Kier alpha value is -2.48. The molecule has 7 nitrogen and oxygen atoms in total. The minimum Gasteiger partial charge on any atom is -0.497 e. The number of halogens is 2. The molecule has 2 aromatic carbocycles. The predicted molar refractivity (Wildman–Crippen MR) is 148 cm³/mol. The minimum atomic E-state index is -0.479. The van der Waals surface area contributed by atoms with E-state index in [1.165, 1.54) is 19.4 Å². The monoisotopic (exact) mass is 559 g/mol. The third-order valence-electron chi connectivity index (χ3n) is 8.17. The van der Waals surface area contributed by atoms with Crippen molar-refractivity contribution < 1.29 is 19.1 Å². The normalized spacial score (nSPS) is 22.4. The summed E-state index contributed by atoms with van der Waals surface area (Å²) in [4.78, 5) is 32.9. The Kier molecular flexibility index (Phi) is 8.36. The van der Waals surface area contributed by atoms with E-state index in [0.29, 0.717) is 34.6 Å². The maximum atomic E-state index is 13.6. The summed E-state index contributed by atoms with van der Waals surface area (Å²) in [6.07, 6.45) is 3.99. The van der Waals surface area contributed by atoms with Crippen LogP contribution in [-0.4, -0.2) is 79.6 Å². The van der Waals surface area contributed by atoms with Gasteiger partial charge < -0.3 is 24.2 Å². The number of hydrogen-bond acceptors (Lipinski definition) is 5. The van der Waals surface area contributed by atoms with Crippen LogP contribution in [0.3, 0.4) is 0 Å². The van der Waals surface area contributed by atoms with Gasteiger partial charge in [-0.15, -0.1) is 0 Å². The first-order chi connectivity index (χ1) is 18.3. The van der Waals surface area contributed by atoms with Crippen LogP contribution in [0, 0.1) is 11.8 Å². The molecular weight excluding hydrogens is 525 g/mol. The van der Waals surface area contributed by atoms with Crippen molar-refractivity contribution in [1.29, 1.82) is 0 Å². The molecule has 2 amide bonds. The van der Waals surface area contributed by atoms with Gasteiger partial charge >= 0.3 is 6.09 Å². The highest BCUT2D eigenvalue weighted by Crippen LogP contribution is 2.36. The third-order valence-corrected chi connectivity index (χ3v) is 8.91. The average Bonchev–Trinajstić information content (AvgIpc) is 3.64. The number of likely N-dealkylation sites (tertiary alicyclic amines) is 2. The van der Waals surface area contributed by atoms with E-state index < -0.39 is 6.09 Å². The lowest BCUT2D eigenvalue weighted by atomic mass is 9.93. The second kappa shape index (κ2) is 11.7. The number of carbonyl (C=O) groups is 2. The zero-order valence-electron chi connectivity index (χ0n) is 21.9. The summed E-state index contributed by atoms with van der Waals surface area (Å²) in [5, 5.41) is 0.933. The fraction of sp³-hybridized carbons (Fsp3) is 0.517. The first-order valence-corrected chi connectivity index (χ1v) is 14.1. The molecule has 2 aliphatic heterocycles. The molecule has 0 bridgehead atoms. The highest BCUT2D eigenvalue weighted by Gasteiger charge is 2.42. The van der Waals surface area contributed by atoms with Crippen LogP contribution >= 0.6 is 23.2 Å². The predicted octanol–water partition coefficient (Wildman–Crippen LogP) is 5.55. The average molecular weight is 561 g/mol. The van der Waals surface area contributed by atoms with Crippen molar-refractivity contribution in [2.45, 2.75) is 37.6 Å². The van der Waals surface area contributed by atoms with Crippen molar-refractivity contribution in [2.24, 2.45) is 11.8 Å². The summed E-state index contributed by atoms with van der Waals surface area (Å²) in [5.74, 6) is 2.06. The highest BCUT2D eigenvalue weighted by molar-refractivity contribution is 6.42. The number of benzene rings is 2. The van der Waals surface area contributed by atoms with E-state index in [0.717, 1.165) is 37.4 Å². The number of methoxy groups -OCH3 is 1. The lowest BCUT2D eigenvalue weighted by molar-refractivity contribution is -0.136. The number of rotatable bonds is 7. The van der Waals surface area contributed by atoms with Crippen LogP contribution in [0.15, 0.2) is 42.5 Å². The Labute approximate surface area is 234 Å². The molecule has 1 aliphatic carbocycles. The smallest absolute Gasteiger partial charge is 0.415 e. The largest absolute Gasteiger partial charge is 0.497 e. The maximum Gasteiger partial charge on any atom is 0.415 e. The van der Waals surface area contributed by atoms with Crippen molar-refractivity contribution in [3.05, 3.63) is 58.1 Å². The highest BCUT2D eigenvalue weighted by atomic mass is 35.5. The first-order valence-electron chi connectivity index (χ1n) is 13.4. The molecule has 0 aromatic heterocycles. The number of piperidine rings is 1. The molecule has 0 spiro atoms. The second-order valence-corrected chi connectivity index (χ2v) is 11.6. The molecule has 3 fully saturated rings. The zero-order chi connectivity index (χ0) is 26.8. The number of carbonyl (C=O) groups excluding carboxylic acids is 2. The molecule has 204 valence electrons. The van der Waals surface area contributed by atoms with Gasteiger partial charge in [0.05, 0.1) is 23.2 Å². The molecule has 1 saturated carbocycles. The number of amides is 2. The van der Waals surface area contributed by atoms with Gasteiger partial charge in [0.15, 0.2) is 0 Å². The Morgan fingerprint density at radius 2 is 1.63 bits per heavy atom.